The fraction of sp³-hybridized carbons (Fsp3) is 0.700. The smallest absolute Gasteiger partial charge is 0.244 e. The molecule has 4 nitrogen and oxygen atoms in total. The van der Waals surface area contributed by atoms with Crippen LogP contribution in [0.4, 0.5) is 0 Å². The minimum Gasteiger partial charge on any atom is -0.379 e. The summed E-state index contributed by atoms with van der Waals surface area (Å²) in [5.74, 6) is -0.350. The third kappa shape index (κ3) is 4.99. The number of amides is 1. The summed E-state index contributed by atoms with van der Waals surface area (Å²) < 4.78 is 10.3. The molecule has 1 saturated heterocycles. The van der Waals surface area contributed by atoms with Gasteiger partial charge in [0, 0.05) is 12.2 Å². The molecule has 1 fully saturated rings. The van der Waals surface area contributed by atoms with Gasteiger partial charge in [0.25, 0.3) is 0 Å². The largest absolute Gasteiger partial charge is 0.379 e. The van der Waals surface area contributed by atoms with E-state index in [4.69, 9.17) is 15.2 Å². The van der Waals surface area contributed by atoms with Crippen LogP contribution in [-0.2, 0) is 14.3 Å². The van der Waals surface area contributed by atoms with E-state index in [1.165, 1.54) is 0 Å². The van der Waals surface area contributed by atoms with Gasteiger partial charge >= 0.3 is 0 Å². The van der Waals surface area contributed by atoms with Gasteiger partial charge in [0.2, 0.25) is 5.91 Å². The van der Waals surface area contributed by atoms with Gasteiger partial charge in [0.15, 0.2) is 0 Å². The lowest BCUT2D eigenvalue weighted by Gasteiger charge is -1.99. The normalized spacial score (nSPS) is 20.9. The summed E-state index contributed by atoms with van der Waals surface area (Å²) in [6.45, 7) is 3.96. The quantitative estimate of drug-likeness (QED) is 0.371. The van der Waals surface area contributed by atoms with E-state index in [2.05, 4.69) is 0 Å². The number of unbranched alkanes of at least 4 members (excludes halogenated alkanes) is 1. The second-order valence-electron chi connectivity index (χ2n) is 3.42. The molecule has 0 bridgehead atoms. The van der Waals surface area contributed by atoms with Gasteiger partial charge in [-0.15, -0.1) is 0 Å². The highest BCUT2D eigenvalue weighted by atomic mass is 16.6. The monoisotopic (exact) mass is 199 g/mol. The number of epoxide rings is 1. The maximum absolute atomic E-state index is 10.6. The first-order valence-corrected chi connectivity index (χ1v) is 4.86. The summed E-state index contributed by atoms with van der Waals surface area (Å²) in [5.41, 5.74) is 5.69. The molecular weight excluding hydrogens is 182 g/mol. The van der Waals surface area contributed by atoms with E-state index in [1.807, 2.05) is 6.08 Å². The average molecular weight is 199 g/mol. The van der Waals surface area contributed by atoms with Gasteiger partial charge in [-0.2, -0.15) is 0 Å². The molecule has 2 N–H and O–H groups in total. The first-order chi connectivity index (χ1) is 6.70. The van der Waals surface area contributed by atoms with Gasteiger partial charge in [0.05, 0.1) is 13.2 Å². The summed E-state index contributed by atoms with van der Waals surface area (Å²) in [6, 6.07) is 0. The Balaban J connectivity index is 1.92. The number of carbonyl (C=O) groups is 1. The van der Waals surface area contributed by atoms with Crippen LogP contribution in [0.15, 0.2) is 11.6 Å². The number of carbonyl (C=O) groups excluding carboxylic acids is 1. The molecular formula is C10H17NO3. The first kappa shape index (κ1) is 11.2. The maximum Gasteiger partial charge on any atom is 0.244 e. The second-order valence-corrected chi connectivity index (χ2v) is 3.42. The molecule has 0 radical (unpaired) electrons. The molecule has 4 heteroatoms. The third-order valence-corrected chi connectivity index (χ3v) is 2.04. The van der Waals surface area contributed by atoms with Gasteiger partial charge in [-0.1, -0.05) is 6.08 Å². The van der Waals surface area contributed by atoms with Crippen LogP contribution in [0.1, 0.15) is 19.8 Å². The SMILES string of the molecule is CC(=CCCCOCC1CO1)C(N)=O. The van der Waals surface area contributed by atoms with Crippen molar-refractivity contribution < 1.29 is 14.3 Å². The number of rotatable bonds is 7. The zero-order valence-corrected chi connectivity index (χ0v) is 8.49. The second kappa shape index (κ2) is 5.78. The molecule has 0 aliphatic carbocycles. The molecule has 0 aromatic heterocycles. The van der Waals surface area contributed by atoms with E-state index in [-0.39, 0.29) is 5.91 Å². The number of nitrogens with two attached hydrogens (primary N) is 1. The Morgan fingerprint density at radius 3 is 3.00 bits per heavy atom. The van der Waals surface area contributed by atoms with Crippen LogP contribution < -0.4 is 5.73 Å². The van der Waals surface area contributed by atoms with Crippen LogP contribution in [0, 0.1) is 0 Å². The fourth-order valence-electron chi connectivity index (χ4n) is 0.984. The highest BCUT2D eigenvalue weighted by Gasteiger charge is 2.21. The van der Waals surface area contributed by atoms with Gasteiger partial charge < -0.3 is 15.2 Å². The lowest BCUT2D eigenvalue weighted by Crippen LogP contribution is -2.11. The van der Waals surface area contributed by atoms with Gasteiger partial charge in [-0.3, -0.25) is 4.79 Å². The van der Waals surface area contributed by atoms with Gasteiger partial charge in [-0.05, 0) is 19.8 Å². The van der Waals surface area contributed by atoms with Crippen molar-refractivity contribution in [3.63, 3.8) is 0 Å². The topological polar surface area (TPSA) is 64.8 Å². The molecule has 1 unspecified atom stereocenters. The number of primary amides is 1. The molecule has 0 aromatic carbocycles. The Morgan fingerprint density at radius 2 is 2.43 bits per heavy atom. The van der Waals surface area contributed by atoms with E-state index in [0.717, 1.165) is 19.4 Å². The van der Waals surface area contributed by atoms with Crippen molar-refractivity contribution in [1.82, 2.24) is 0 Å². The fourth-order valence-corrected chi connectivity index (χ4v) is 0.984. The molecule has 0 spiro atoms. The summed E-state index contributed by atoms with van der Waals surface area (Å²) in [6.07, 6.45) is 3.93. The van der Waals surface area contributed by atoms with Crippen LogP contribution in [0.2, 0.25) is 0 Å². The first-order valence-electron chi connectivity index (χ1n) is 4.86. The van der Waals surface area contributed by atoms with Crippen molar-refractivity contribution in [2.45, 2.75) is 25.9 Å². The summed E-state index contributed by atoms with van der Waals surface area (Å²) in [4.78, 5) is 10.6. The van der Waals surface area contributed by atoms with Crippen LogP contribution in [-0.4, -0.2) is 31.8 Å². The van der Waals surface area contributed by atoms with Crippen LogP contribution in [0.5, 0.6) is 0 Å². The Hall–Kier alpha value is -0.870. The molecule has 1 aliphatic rings. The van der Waals surface area contributed by atoms with E-state index in [9.17, 15) is 4.79 Å². The zero-order valence-electron chi connectivity index (χ0n) is 8.49. The Morgan fingerprint density at radius 1 is 1.71 bits per heavy atom. The summed E-state index contributed by atoms with van der Waals surface area (Å²) in [7, 11) is 0. The molecule has 0 saturated carbocycles. The van der Waals surface area contributed by atoms with E-state index in [0.29, 0.717) is 24.9 Å². The number of ether oxygens (including phenoxy) is 2. The lowest BCUT2D eigenvalue weighted by molar-refractivity contribution is -0.114. The summed E-state index contributed by atoms with van der Waals surface area (Å²) >= 11 is 0. The Kier molecular flexibility index (Phi) is 4.62. The predicted octanol–water partition coefficient (Wildman–Crippen LogP) is 0.614. The lowest BCUT2D eigenvalue weighted by atomic mass is 10.2. The Bertz CT molecular complexity index is 221. The number of hydrogen-bond acceptors (Lipinski definition) is 3. The van der Waals surface area contributed by atoms with Crippen molar-refractivity contribution in [3.05, 3.63) is 11.6 Å². The van der Waals surface area contributed by atoms with Crippen molar-refractivity contribution >= 4 is 5.91 Å². The maximum atomic E-state index is 10.6. The molecule has 1 atom stereocenters. The molecule has 1 heterocycles. The van der Waals surface area contributed by atoms with Crippen LogP contribution in [0.3, 0.4) is 0 Å². The molecule has 1 rings (SSSR count). The number of hydrogen-bond donors (Lipinski definition) is 1. The summed E-state index contributed by atoms with van der Waals surface area (Å²) in [5, 5.41) is 0. The van der Waals surface area contributed by atoms with Gasteiger partial charge in [-0.25, -0.2) is 0 Å². The van der Waals surface area contributed by atoms with Crippen LogP contribution >= 0.6 is 0 Å². The van der Waals surface area contributed by atoms with Gasteiger partial charge in [0.1, 0.15) is 6.10 Å². The van der Waals surface area contributed by atoms with Crippen LogP contribution in [0.25, 0.3) is 0 Å². The minimum absolute atomic E-state index is 0.331. The molecule has 0 aromatic rings. The number of allylic oxidation sites excluding steroid dienone is 1. The highest BCUT2D eigenvalue weighted by molar-refractivity contribution is 5.91. The predicted molar refractivity (Wildman–Crippen MR) is 52.7 cm³/mol. The average Bonchev–Trinajstić information content (AvgIpc) is 2.94. The standard InChI is InChI=1S/C10H17NO3/c1-8(10(11)12)4-2-3-5-13-6-9-7-14-9/h4,9H,2-3,5-7H2,1H3,(H2,11,12). The van der Waals surface area contributed by atoms with Crippen molar-refractivity contribution in [2.75, 3.05) is 19.8 Å². The highest BCUT2D eigenvalue weighted by Crippen LogP contribution is 2.08. The zero-order chi connectivity index (χ0) is 10.4. The molecule has 1 aliphatic heterocycles. The van der Waals surface area contributed by atoms with Crippen molar-refractivity contribution in [1.29, 1.82) is 0 Å². The van der Waals surface area contributed by atoms with E-state index >= 15 is 0 Å². The Labute approximate surface area is 84.1 Å². The van der Waals surface area contributed by atoms with Crippen molar-refractivity contribution in [2.24, 2.45) is 5.73 Å². The molecule has 1 amide bonds. The van der Waals surface area contributed by atoms with Crippen molar-refractivity contribution in [3.8, 4) is 0 Å². The minimum atomic E-state index is -0.350. The molecule has 14 heavy (non-hydrogen) atoms. The van der Waals surface area contributed by atoms with E-state index in [1.54, 1.807) is 6.92 Å². The molecule has 80 valence electrons. The van der Waals surface area contributed by atoms with E-state index < -0.39 is 0 Å². The third-order valence-electron chi connectivity index (χ3n) is 2.04.